The van der Waals surface area contributed by atoms with Crippen LogP contribution in [0.25, 0.3) is 0 Å². The monoisotopic (exact) mass is 430 g/mol. The largest absolute Gasteiger partial charge is 0.496 e. The van der Waals surface area contributed by atoms with E-state index in [0.717, 1.165) is 16.9 Å². The van der Waals surface area contributed by atoms with Crippen molar-refractivity contribution in [3.8, 4) is 40.2 Å². The SMILES string of the molecule is COc1cc(OC)c([C@H]2[C@@H](C)[C@@H](C)[C@H]2c2cc(OC)c3c(c2OC)OCO3)cc1OC. The van der Waals surface area contributed by atoms with E-state index < -0.39 is 0 Å². The van der Waals surface area contributed by atoms with E-state index in [1.165, 1.54) is 0 Å². The van der Waals surface area contributed by atoms with Crippen LogP contribution in [-0.4, -0.2) is 42.3 Å². The lowest BCUT2D eigenvalue weighted by Gasteiger charge is -2.50. The highest BCUT2D eigenvalue weighted by Crippen LogP contribution is 2.63. The summed E-state index contributed by atoms with van der Waals surface area (Å²) >= 11 is 0. The van der Waals surface area contributed by atoms with Gasteiger partial charge in [-0.05, 0) is 35.8 Å². The molecule has 7 heteroatoms. The maximum atomic E-state index is 5.81. The summed E-state index contributed by atoms with van der Waals surface area (Å²) in [6.07, 6.45) is 0. The van der Waals surface area contributed by atoms with Gasteiger partial charge in [0.05, 0.1) is 35.5 Å². The van der Waals surface area contributed by atoms with Crippen molar-refractivity contribution in [1.82, 2.24) is 0 Å². The molecule has 1 aliphatic carbocycles. The Morgan fingerprint density at radius 3 is 1.71 bits per heavy atom. The number of methoxy groups -OCH3 is 5. The molecule has 2 aromatic rings. The van der Waals surface area contributed by atoms with Crippen molar-refractivity contribution in [2.45, 2.75) is 25.7 Å². The molecule has 0 bridgehead atoms. The van der Waals surface area contributed by atoms with E-state index in [9.17, 15) is 0 Å². The normalized spacial score (nSPS) is 23.7. The maximum absolute atomic E-state index is 5.81. The Hall–Kier alpha value is -2.96. The molecule has 1 fully saturated rings. The highest BCUT2D eigenvalue weighted by Gasteiger charge is 2.50. The van der Waals surface area contributed by atoms with Gasteiger partial charge < -0.3 is 33.2 Å². The minimum atomic E-state index is 0.148. The second kappa shape index (κ2) is 8.29. The minimum absolute atomic E-state index is 0.148. The van der Waals surface area contributed by atoms with Gasteiger partial charge in [-0.2, -0.15) is 0 Å². The van der Waals surface area contributed by atoms with Crippen LogP contribution >= 0.6 is 0 Å². The van der Waals surface area contributed by atoms with E-state index in [1.807, 2.05) is 18.2 Å². The van der Waals surface area contributed by atoms with E-state index >= 15 is 0 Å². The van der Waals surface area contributed by atoms with Gasteiger partial charge >= 0.3 is 0 Å². The molecule has 4 rings (SSSR count). The molecule has 4 atom stereocenters. The number of benzene rings is 2. The van der Waals surface area contributed by atoms with Crippen molar-refractivity contribution in [3.05, 3.63) is 29.3 Å². The molecule has 0 amide bonds. The van der Waals surface area contributed by atoms with Crippen LogP contribution in [0.2, 0.25) is 0 Å². The molecule has 1 saturated carbocycles. The van der Waals surface area contributed by atoms with Crippen LogP contribution in [0.5, 0.6) is 40.2 Å². The molecule has 168 valence electrons. The highest BCUT2D eigenvalue weighted by molar-refractivity contribution is 5.66. The topological polar surface area (TPSA) is 64.6 Å². The fourth-order valence-corrected chi connectivity index (χ4v) is 5.07. The third-order valence-electron chi connectivity index (χ3n) is 6.82. The number of fused-ring (bicyclic) bond motifs is 1. The maximum Gasteiger partial charge on any atom is 0.231 e. The number of hydrogen-bond acceptors (Lipinski definition) is 7. The third-order valence-corrected chi connectivity index (χ3v) is 6.82. The van der Waals surface area contributed by atoms with Crippen LogP contribution in [0.1, 0.15) is 36.8 Å². The van der Waals surface area contributed by atoms with E-state index in [2.05, 4.69) is 13.8 Å². The second-order valence-corrected chi connectivity index (χ2v) is 7.99. The summed E-state index contributed by atoms with van der Waals surface area (Å²) < 4.78 is 39.6. The molecule has 0 unspecified atom stereocenters. The van der Waals surface area contributed by atoms with E-state index in [-0.39, 0.29) is 18.6 Å². The second-order valence-electron chi connectivity index (χ2n) is 7.99. The van der Waals surface area contributed by atoms with Crippen molar-refractivity contribution in [3.63, 3.8) is 0 Å². The molecular formula is C24H30O7. The first-order valence-corrected chi connectivity index (χ1v) is 10.3. The number of rotatable bonds is 7. The highest BCUT2D eigenvalue weighted by atomic mass is 16.7. The Morgan fingerprint density at radius 2 is 1.13 bits per heavy atom. The van der Waals surface area contributed by atoms with Crippen molar-refractivity contribution < 1.29 is 33.2 Å². The van der Waals surface area contributed by atoms with Crippen LogP contribution in [-0.2, 0) is 0 Å². The zero-order valence-corrected chi connectivity index (χ0v) is 19.1. The molecule has 2 aromatic carbocycles. The number of ether oxygens (including phenoxy) is 7. The molecule has 7 nitrogen and oxygen atoms in total. The molecule has 1 heterocycles. The van der Waals surface area contributed by atoms with Crippen LogP contribution in [0.4, 0.5) is 0 Å². The Balaban J connectivity index is 1.86. The van der Waals surface area contributed by atoms with Crippen LogP contribution in [0.3, 0.4) is 0 Å². The molecule has 31 heavy (non-hydrogen) atoms. The summed E-state index contributed by atoms with van der Waals surface area (Å²) in [6, 6.07) is 5.92. The summed E-state index contributed by atoms with van der Waals surface area (Å²) in [5, 5.41) is 0. The molecule has 0 saturated heterocycles. The summed E-state index contributed by atoms with van der Waals surface area (Å²) in [7, 11) is 8.24. The van der Waals surface area contributed by atoms with Crippen LogP contribution < -0.4 is 33.2 Å². The average Bonchev–Trinajstić information content (AvgIpc) is 3.29. The molecule has 0 spiro atoms. The van der Waals surface area contributed by atoms with E-state index in [4.69, 9.17) is 33.2 Å². The third kappa shape index (κ3) is 3.18. The van der Waals surface area contributed by atoms with Gasteiger partial charge in [0, 0.05) is 17.2 Å². The lowest BCUT2D eigenvalue weighted by molar-refractivity contribution is 0.117. The zero-order valence-electron chi connectivity index (χ0n) is 19.1. The first-order chi connectivity index (χ1) is 15.0. The van der Waals surface area contributed by atoms with Crippen molar-refractivity contribution in [1.29, 1.82) is 0 Å². The smallest absolute Gasteiger partial charge is 0.231 e. The Kier molecular flexibility index (Phi) is 5.69. The van der Waals surface area contributed by atoms with Crippen LogP contribution in [0.15, 0.2) is 18.2 Å². The molecule has 2 aliphatic rings. The first-order valence-electron chi connectivity index (χ1n) is 10.3. The van der Waals surface area contributed by atoms with E-state index in [0.29, 0.717) is 46.3 Å². The first kappa shape index (κ1) is 21.3. The van der Waals surface area contributed by atoms with Gasteiger partial charge in [-0.3, -0.25) is 0 Å². The summed E-state index contributed by atoms with van der Waals surface area (Å²) in [4.78, 5) is 0. The van der Waals surface area contributed by atoms with Crippen LogP contribution in [0, 0.1) is 11.8 Å². The fraction of sp³-hybridized carbons (Fsp3) is 0.500. The van der Waals surface area contributed by atoms with Gasteiger partial charge in [0.1, 0.15) is 5.75 Å². The summed E-state index contributed by atoms with van der Waals surface area (Å²) in [5.74, 6) is 5.79. The quantitative estimate of drug-likeness (QED) is 0.635. The predicted octanol–water partition coefficient (Wildman–Crippen LogP) is 4.61. The van der Waals surface area contributed by atoms with Crippen molar-refractivity contribution in [2.24, 2.45) is 11.8 Å². The van der Waals surface area contributed by atoms with Crippen molar-refractivity contribution in [2.75, 3.05) is 42.3 Å². The Morgan fingerprint density at radius 1 is 0.613 bits per heavy atom. The van der Waals surface area contributed by atoms with Gasteiger partial charge in [0.15, 0.2) is 23.0 Å². The average molecular weight is 430 g/mol. The van der Waals surface area contributed by atoms with E-state index in [1.54, 1.807) is 35.5 Å². The standard InChI is InChI=1S/C24H30O7/c1-12-13(2)21(15-9-19(28-6)23-24(22(15)29-7)31-11-30-23)20(12)14-8-17(26-4)18(27-5)10-16(14)25-3/h8-10,12-13,20-21H,11H2,1-7H3/t12-,13+,20+,21-/m0/s1. The zero-order chi connectivity index (χ0) is 22.3. The number of hydrogen-bond donors (Lipinski definition) is 0. The lowest BCUT2D eigenvalue weighted by Crippen LogP contribution is -2.40. The molecule has 0 N–H and O–H groups in total. The van der Waals surface area contributed by atoms with Gasteiger partial charge in [-0.1, -0.05) is 13.8 Å². The molecule has 1 aliphatic heterocycles. The van der Waals surface area contributed by atoms with Gasteiger partial charge in [-0.15, -0.1) is 0 Å². The van der Waals surface area contributed by atoms with Gasteiger partial charge in [0.2, 0.25) is 18.3 Å². The van der Waals surface area contributed by atoms with Crippen molar-refractivity contribution >= 4 is 0 Å². The van der Waals surface area contributed by atoms with Gasteiger partial charge in [-0.25, -0.2) is 0 Å². The summed E-state index contributed by atoms with van der Waals surface area (Å²) in [6.45, 7) is 4.67. The predicted molar refractivity (Wildman–Crippen MR) is 116 cm³/mol. The lowest BCUT2D eigenvalue weighted by atomic mass is 9.53. The minimum Gasteiger partial charge on any atom is -0.496 e. The fourth-order valence-electron chi connectivity index (χ4n) is 5.07. The molecule has 0 radical (unpaired) electrons. The molecule has 0 aromatic heterocycles. The van der Waals surface area contributed by atoms with Gasteiger partial charge in [0.25, 0.3) is 0 Å². The summed E-state index contributed by atoms with van der Waals surface area (Å²) in [5.41, 5.74) is 2.12. The Labute approximate surface area is 183 Å². The Bertz CT molecular complexity index is 971. The molecular weight excluding hydrogens is 400 g/mol.